The maximum Gasteiger partial charge on any atom is 0.243 e. The van der Waals surface area contributed by atoms with Gasteiger partial charge in [0.25, 0.3) is 0 Å². The van der Waals surface area contributed by atoms with Crippen LogP contribution in [0.25, 0.3) is 11.0 Å². The lowest BCUT2D eigenvalue weighted by Crippen LogP contribution is -2.39. The monoisotopic (exact) mass is 370 g/mol. The first kappa shape index (κ1) is 19.4. The minimum atomic E-state index is -0.284. The number of hydrogen-bond acceptors (Lipinski definition) is 3. The van der Waals surface area contributed by atoms with Crippen molar-refractivity contribution in [2.45, 2.75) is 65.0 Å². The van der Waals surface area contributed by atoms with Gasteiger partial charge in [-0.25, -0.2) is 4.98 Å². The van der Waals surface area contributed by atoms with E-state index in [0.717, 1.165) is 49.0 Å². The van der Waals surface area contributed by atoms with Gasteiger partial charge in [-0.15, -0.1) is 0 Å². The van der Waals surface area contributed by atoms with Gasteiger partial charge in [-0.05, 0) is 37.3 Å². The lowest BCUT2D eigenvalue weighted by atomic mass is 9.83. The van der Waals surface area contributed by atoms with E-state index >= 15 is 0 Å². The Bertz CT molecular complexity index is 793. The Morgan fingerprint density at radius 2 is 1.93 bits per heavy atom. The van der Waals surface area contributed by atoms with Crippen molar-refractivity contribution >= 4 is 22.8 Å². The molecule has 0 radical (unpaired) electrons. The van der Waals surface area contributed by atoms with Crippen LogP contribution in [0.3, 0.4) is 0 Å². The third-order valence-electron chi connectivity index (χ3n) is 5.36. The van der Waals surface area contributed by atoms with Gasteiger partial charge in [-0.3, -0.25) is 9.59 Å². The summed E-state index contributed by atoms with van der Waals surface area (Å²) >= 11 is 0. The topological polar surface area (TPSA) is 76.0 Å². The van der Waals surface area contributed by atoms with Gasteiger partial charge in [-0.1, -0.05) is 38.3 Å². The van der Waals surface area contributed by atoms with Crippen LogP contribution in [-0.4, -0.2) is 27.9 Å². The molecular weight excluding hydrogens is 340 g/mol. The maximum absolute atomic E-state index is 13.2. The van der Waals surface area contributed by atoms with E-state index in [4.69, 9.17) is 4.98 Å². The van der Waals surface area contributed by atoms with Crippen LogP contribution in [0.1, 0.15) is 64.2 Å². The van der Waals surface area contributed by atoms with Gasteiger partial charge < -0.3 is 15.2 Å². The minimum absolute atomic E-state index is 0.0657. The summed E-state index contributed by atoms with van der Waals surface area (Å²) in [6.07, 6.45) is 6.58. The number of fused-ring (bicyclic) bond motifs is 1. The minimum Gasteiger partial charge on any atom is -0.354 e. The van der Waals surface area contributed by atoms with Crippen LogP contribution in [0, 0.1) is 5.92 Å². The highest BCUT2D eigenvalue weighted by Gasteiger charge is 2.33. The fourth-order valence-electron chi connectivity index (χ4n) is 4.08. The van der Waals surface area contributed by atoms with Crippen molar-refractivity contribution in [2.24, 2.45) is 5.92 Å². The van der Waals surface area contributed by atoms with Crippen molar-refractivity contribution in [2.75, 3.05) is 6.54 Å². The molecule has 0 saturated heterocycles. The number of aromatic nitrogens is 2. The largest absolute Gasteiger partial charge is 0.354 e. The molecule has 6 nitrogen and oxygen atoms in total. The van der Waals surface area contributed by atoms with Crippen LogP contribution in [0.4, 0.5) is 0 Å². The summed E-state index contributed by atoms with van der Waals surface area (Å²) in [5.41, 5.74) is 1.82. The molecule has 1 aliphatic rings. The fourth-order valence-corrected chi connectivity index (χ4v) is 4.08. The molecule has 27 heavy (non-hydrogen) atoms. The van der Waals surface area contributed by atoms with Crippen molar-refractivity contribution < 1.29 is 9.59 Å². The molecule has 2 amide bonds. The Morgan fingerprint density at radius 1 is 1.19 bits per heavy atom. The number of carbonyl (C=O) groups is 2. The Morgan fingerprint density at radius 3 is 2.63 bits per heavy atom. The fraction of sp³-hybridized carbons (Fsp3) is 0.571. The van der Waals surface area contributed by atoms with Crippen LogP contribution < -0.4 is 10.6 Å². The molecule has 1 aromatic carbocycles. The number of rotatable bonds is 7. The average Bonchev–Trinajstić information content (AvgIpc) is 3.04. The molecule has 3 rings (SSSR count). The van der Waals surface area contributed by atoms with Crippen molar-refractivity contribution in [3.05, 3.63) is 30.1 Å². The van der Waals surface area contributed by atoms with Gasteiger partial charge in [0.15, 0.2) is 0 Å². The van der Waals surface area contributed by atoms with E-state index in [1.165, 1.54) is 13.3 Å². The first-order valence-corrected chi connectivity index (χ1v) is 10.1. The molecule has 6 heteroatoms. The van der Waals surface area contributed by atoms with Gasteiger partial charge in [0.1, 0.15) is 11.9 Å². The second-order valence-electron chi connectivity index (χ2n) is 7.43. The first-order chi connectivity index (χ1) is 13.1. The summed E-state index contributed by atoms with van der Waals surface area (Å²) in [5, 5.41) is 5.95. The standard InChI is InChI=1S/C21H30N4O2/c1-3-13-22-21(27)20(16-9-5-4-6-10-16)25-18-12-8-7-11-17(18)24-19(25)14-23-15(2)26/h7-8,11-12,16,20H,3-6,9-10,13-14H2,1-2H3,(H,22,27)(H,23,26). The van der Waals surface area contributed by atoms with Crippen molar-refractivity contribution in [3.63, 3.8) is 0 Å². The van der Waals surface area contributed by atoms with E-state index in [0.29, 0.717) is 19.0 Å². The zero-order valence-corrected chi connectivity index (χ0v) is 16.3. The highest BCUT2D eigenvalue weighted by Crippen LogP contribution is 2.36. The van der Waals surface area contributed by atoms with Crippen LogP contribution in [0.2, 0.25) is 0 Å². The van der Waals surface area contributed by atoms with E-state index in [1.807, 2.05) is 24.3 Å². The van der Waals surface area contributed by atoms with E-state index in [-0.39, 0.29) is 17.9 Å². The zero-order valence-electron chi connectivity index (χ0n) is 16.3. The predicted octanol–water partition coefficient (Wildman–Crippen LogP) is 3.32. The third-order valence-corrected chi connectivity index (χ3v) is 5.36. The lowest BCUT2D eigenvalue weighted by molar-refractivity contribution is -0.126. The molecule has 1 aromatic heterocycles. The van der Waals surface area contributed by atoms with Crippen LogP contribution in [0.15, 0.2) is 24.3 Å². The number of nitrogens with zero attached hydrogens (tertiary/aromatic N) is 2. The smallest absolute Gasteiger partial charge is 0.243 e. The number of amides is 2. The molecule has 0 aliphatic heterocycles. The molecule has 0 spiro atoms. The Labute approximate surface area is 160 Å². The number of carbonyl (C=O) groups excluding carboxylic acids is 2. The molecule has 1 saturated carbocycles. The molecular formula is C21H30N4O2. The predicted molar refractivity (Wildman–Crippen MR) is 106 cm³/mol. The summed E-state index contributed by atoms with van der Waals surface area (Å²) in [5.74, 6) is 1.01. The van der Waals surface area contributed by atoms with Gasteiger partial charge in [0.05, 0.1) is 17.6 Å². The highest BCUT2D eigenvalue weighted by atomic mass is 16.2. The summed E-state index contributed by atoms with van der Waals surface area (Å²) in [6.45, 7) is 4.56. The molecule has 2 N–H and O–H groups in total. The molecule has 0 bridgehead atoms. The molecule has 2 aromatic rings. The number of benzene rings is 1. The summed E-state index contributed by atoms with van der Waals surface area (Å²) in [6, 6.07) is 7.63. The van der Waals surface area contributed by atoms with E-state index in [9.17, 15) is 9.59 Å². The van der Waals surface area contributed by atoms with Crippen LogP contribution in [0.5, 0.6) is 0 Å². The SMILES string of the molecule is CCCNC(=O)C(C1CCCCC1)n1c(CNC(C)=O)nc2ccccc21. The normalized spacial score (nSPS) is 16.2. The highest BCUT2D eigenvalue weighted by molar-refractivity contribution is 5.84. The number of para-hydroxylation sites is 2. The Balaban J connectivity index is 2.05. The van der Waals surface area contributed by atoms with E-state index < -0.39 is 0 Å². The van der Waals surface area contributed by atoms with Crippen LogP contribution in [-0.2, 0) is 16.1 Å². The first-order valence-electron chi connectivity index (χ1n) is 10.1. The Kier molecular flexibility index (Phi) is 6.48. The number of hydrogen-bond donors (Lipinski definition) is 2. The van der Waals surface area contributed by atoms with Crippen LogP contribution >= 0.6 is 0 Å². The van der Waals surface area contributed by atoms with Gasteiger partial charge in [0, 0.05) is 13.5 Å². The molecule has 1 fully saturated rings. The third kappa shape index (κ3) is 4.49. The van der Waals surface area contributed by atoms with Gasteiger partial charge in [0.2, 0.25) is 11.8 Å². The second-order valence-corrected chi connectivity index (χ2v) is 7.43. The summed E-state index contributed by atoms with van der Waals surface area (Å²) in [4.78, 5) is 29.4. The summed E-state index contributed by atoms with van der Waals surface area (Å²) in [7, 11) is 0. The molecule has 1 unspecified atom stereocenters. The van der Waals surface area contributed by atoms with E-state index in [1.54, 1.807) is 0 Å². The number of imidazole rings is 1. The second kappa shape index (κ2) is 9.02. The van der Waals surface area contributed by atoms with E-state index in [2.05, 4.69) is 22.1 Å². The molecule has 1 heterocycles. The van der Waals surface area contributed by atoms with Gasteiger partial charge in [-0.2, -0.15) is 0 Å². The van der Waals surface area contributed by atoms with Crippen molar-refractivity contribution in [1.29, 1.82) is 0 Å². The summed E-state index contributed by atoms with van der Waals surface area (Å²) < 4.78 is 2.08. The molecule has 1 aliphatic carbocycles. The lowest BCUT2D eigenvalue weighted by Gasteiger charge is -2.32. The maximum atomic E-state index is 13.2. The zero-order chi connectivity index (χ0) is 19.2. The average molecular weight is 370 g/mol. The number of nitrogens with one attached hydrogen (secondary N) is 2. The van der Waals surface area contributed by atoms with Gasteiger partial charge >= 0.3 is 0 Å². The Hall–Kier alpha value is -2.37. The van der Waals surface area contributed by atoms with Crippen molar-refractivity contribution in [3.8, 4) is 0 Å². The van der Waals surface area contributed by atoms with Crippen molar-refractivity contribution in [1.82, 2.24) is 20.2 Å². The quantitative estimate of drug-likeness (QED) is 0.785. The molecule has 146 valence electrons. The molecule has 1 atom stereocenters.